The minimum atomic E-state index is -3.51. The van der Waals surface area contributed by atoms with Crippen molar-refractivity contribution < 1.29 is 17.9 Å². The fourth-order valence-corrected chi connectivity index (χ4v) is 2.94. The van der Waals surface area contributed by atoms with Gasteiger partial charge in [0.05, 0.1) is 13.2 Å². The fraction of sp³-hybridized carbons (Fsp3) is 0.364. The Hall–Kier alpha value is -1.20. The smallest absolute Gasteiger partial charge is 0.185 e. The van der Waals surface area contributed by atoms with Crippen LogP contribution in [0.5, 0.6) is 0 Å². The standard InChI is InChI=1S/C11H11NO4S2/c1-18(13,14)8(7-12)6-10-9(2-5-17-10)11-15-3-4-16-11/h2,5-6,11H,3-4H2,1H3/b8-6-. The Balaban J connectivity index is 2.38. The molecule has 0 amide bonds. The van der Waals surface area contributed by atoms with Crippen LogP contribution in [0, 0.1) is 11.3 Å². The van der Waals surface area contributed by atoms with Crippen molar-refractivity contribution in [3.8, 4) is 6.07 Å². The lowest BCUT2D eigenvalue weighted by Crippen LogP contribution is -2.00. The van der Waals surface area contributed by atoms with Gasteiger partial charge in [-0.3, -0.25) is 0 Å². The Kier molecular flexibility index (Phi) is 3.82. The molecule has 0 spiro atoms. The number of thiophene rings is 1. The summed E-state index contributed by atoms with van der Waals surface area (Å²) in [5.41, 5.74) is 0.758. The average molecular weight is 285 g/mol. The van der Waals surface area contributed by atoms with Gasteiger partial charge in [0.15, 0.2) is 16.1 Å². The monoisotopic (exact) mass is 285 g/mol. The summed E-state index contributed by atoms with van der Waals surface area (Å²) in [5, 5.41) is 10.7. The molecule has 1 aromatic heterocycles. The minimum Gasteiger partial charge on any atom is -0.346 e. The van der Waals surface area contributed by atoms with Gasteiger partial charge in [0.25, 0.3) is 0 Å². The van der Waals surface area contributed by atoms with E-state index in [2.05, 4.69) is 0 Å². The fourth-order valence-electron chi connectivity index (χ4n) is 1.52. The van der Waals surface area contributed by atoms with Crippen LogP contribution in [0.2, 0.25) is 0 Å². The molecule has 1 aliphatic rings. The van der Waals surface area contributed by atoms with Crippen LogP contribution in [0.3, 0.4) is 0 Å². The summed E-state index contributed by atoms with van der Waals surface area (Å²) >= 11 is 1.34. The molecular formula is C11H11NO4S2. The van der Waals surface area contributed by atoms with Crippen molar-refractivity contribution in [1.82, 2.24) is 0 Å². The molecule has 1 saturated heterocycles. The molecule has 0 unspecified atom stereocenters. The van der Waals surface area contributed by atoms with Gasteiger partial charge in [-0.25, -0.2) is 8.42 Å². The number of nitrogens with zero attached hydrogens (tertiary/aromatic N) is 1. The quantitative estimate of drug-likeness (QED) is 0.790. The van der Waals surface area contributed by atoms with Gasteiger partial charge in [-0.1, -0.05) is 0 Å². The first-order valence-corrected chi connectivity index (χ1v) is 7.92. The highest BCUT2D eigenvalue weighted by molar-refractivity contribution is 7.95. The van der Waals surface area contributed by atoms with E-state index in [0.29, 0.717) is 18.1 Å². The molecule has 2 rings (SSSR count). The van der Waals surface area contributed by atoms with Crippen LogP contribution in [0.1, 0.15) is 16.7 Å². The van der Waals surface area contributed by atoms with Crippen LogP contribution in [-0.4, -0.2) is 27.9 Å². The lowest BCUT2D eigenvalue weighted by atomic mass is 10.2. The van der Waals surface area contributed by atoms with E-state index >= 15 is 0 Å². The molecule has 0 radical (unpaired) electrons. The van der Waals surface area contributed by atoms with Crippen LogP contribution >= 0.6 is 11.3 Å². The molecule has 0 saturated carbocycles. The molecule has 0 N–H and O–H groups in total. The van der Waals surface area contributed by atoms with Crippen molar-refractivity contribution in [3.63, 3.8) is 0 Å². The summed E-state index contributed by atoms with van der Waals surface area (Å²) in [7, 11) is -3.51. The maximum atomic E-state index is 11.4. The van der Waals surface area contributed by atoms with Crippen molar-refractivity contribution in [3.05, 3.63) is 26.8 Å². The summed E-state index contributed by atoms with van der Waals surface area (Å²) in [6.45, 7) is 1.03. The second kappa shape index (κ2) is 5.20. The molecule has 0 atom stereocenters. The first kappa shape index (κ1) is 13.2. The summed E-state index contributed by atoms with van der Waals surface area (Å²) in [6.07, 6.45) is 1.90. The zero-order valence-electron chi connectivity index (χ0n) is 9.62. The highest BCUT2D eigenvalue weighted by Crippen LogP contribution is 2.31. The van der Waals surface area contributed by atoms with Crippen molar-refractivity contribution in [2.75, 3.05) is 19.5 Å². The summed E-state index contributed by atoms with van der Waals surface area (Å²) < 4.78 is 33.5. The number of ether oxygens (including phenoxy) is 2. The Bertz CT molecular complexity index is 603. The van der Waals surface area contributed by atoms with Gasteiger partial charge in [0.2, 0.25) is 0 Å². The van der Waals surface area contributed by atoms with Crippen molar-refractivity contribution >= 4 is 27.3 Å². The van der Waals surface area contributed by atoms with E-state index in [4.69, 9.17) is 14.7 Å². The van der Waals surface area contributed by atoms with E-state index in [9.17, 15) is 8.42 Å². The number of nitriles is 1. The van der Waals surface area contributed by atoms with Crippen molar-refractivity contribution in [2.24, 2.45) is 0 Å². The first-order valence-electron chi connectivity index (χ1n) is 5.15. The molecule has 0 aliphatic carbocycles. The number of hydrogen-bond acceptors (Lipinski definition) is 6. The van der Waals surface area contributed by atoms with E-state index in [1.54, 1.807) is 6.07 Å². The molecular weight excluding hydrogens is 274 g/mol. The van der Waals surface area contributed by atoms with E-state index < -0.39 is 16.1 Å². The summed E-state index contributed by atoms with van der Waals surface area (Å²) in [5.74, 6) is 0. The first-order chi connectivity index (χ1) is 8.52. The maximum Gasteiger partial charge on any atom is 0.185 e. The second-order valence-corrected chi connectivity index (χ2v) is 6.64. The van der Waals surface area contributed by atoms with Gasteiger partial charge in [-0.05, 0) is 17.5 Å². The van der Waals surface area contributed by atoms with Crippen LogP contribution in [-0.2, 0) is 19.3 Å². The van der Waals surface area contributed by atoms with Crippen molar-refractivity contribution in [2.45, 2.75) is 6.29 Å². The van der Waals surface area contributed by atoms with E-state index in [0.717, 1.165) is 11.8 Å². The number of sulfone groups is 1. The molecule has 96 valence electrons. The Morgan fingerprint density at radius 1 is 1.56 bits per heavy atom. The highest BCUT2D eigenvalue weighted by atomic mass is 32.2. The Morgan fingerprint density at radius 2 is 2.22 bits per heavy atom. The molecule has 0 bridgehead atoms. The zero-order chi connectivity index (χ0) is 13.2. The minimum absolute atomic E-state index is 0.260. The van der Waals surface area contributed by atoms with E-state index in [1.807, 2.05) is 11.4 Å². The van der Waals surface area contributed by atoms with Gasteiger partial charge in [0, 0.05) is 16.7 Å². The van der Waals surface area contributed by atoms with Gasteiger partial charge < -0.3 is 9.47 Å². The van der Waals surface area contributed by atoms with Crippen LogP contribution in [0.4, 0.5) is 0 Å². The molecule has 0 aromatic carbocycles. The summed E-state index contributed by atoms with van der Waals surface area (Å²) in [6, 6.07) is 3.51. The van der Waals surface area contributed by atoms with Gasteiger partial charge >= 0.3 is 0 Å². The Morgan fingerprint density at radius 3 is 2.78 bits per heavy atom. The van der Waals surface area contributed by atoms with Gasteiger partial charge in [-0.15, -0.1) is 11.3 Å². The topological polar surface area (TPSA) is 76.4 Å². The largest absolute Gasteiger partial charge is 0.346 e. The molecule has 1 fully saturated rings. The van der Waals surface area contributed by atoms with Crippen molar-refractivity contribution in [1.29, 1.82) is 5.26 Å². The molecule has 1 aromatic rings. The molecule has 7 heteroatoms. The summed E-state index contributed by atoms with van der Waals surface area (Å²) in [4.78, 5) is 0.410. The molecule has 2 heterocycles. The highest BCUT2D eigenvalue weighted by Gasteiger charge is 2.22. The zero-order valence-corrected chi connectivity index (χ0v) is 11.3. The third kappa shape index (κ3) is 2.79. The lowest BCUT2D eigenvalue weighted by Gasteiger charge is -2.08. The Labute approximate surface area is 109 Å². The third-order valence-electron chi connectivity index (χ3n) is 2.37. The second-order valence-electron chi connectivity index (χ2n) is 3.71. The van der Waals surface area contributed by atoms with Crippen LogP contribution < -0.4 is 0 Å². The molecule has 1 aliphatic heterocycles. The van der Waals surface area contributed by atoms with Gasteiger partial charge in [0.1, 0.15) is 11.0 Å². The average Bonchev–Trinajstić information content (AvgIpc) is 2.94. The normalized spacial score (nSPS) is 17.9. The third-order valence-corrected chi connectivity index (χ3v) is 4.26. The number of rotatable bonds is 3. The predicted molar refractivity (Wildman–Crippen MR) is 67.4 cm³/mol. The molecule has 18 heavy (non-hydrogen) atoms. The molecule has 5 nitrogen and oxygen atoms in total. The van der Waals surface area contributed by atoms with Gasteiger partial charge in [-0.2, -0.15) is 5.26 Å². The van der Waals surface area contributed by atoms with E-state index in [1.165, 1.54) is 17.4 Å². The predicted octanol–water partition coefficient (Wildman–Crippen LogP) is 1.70. The van der Waals surface area contributed by atoms with Crippen LogP contribution in [0.25, 0.3) is 6.08 Å². The van der Waals surface area contributed by atoms with Crippen LogP contribution in [0.15, 0.2) is 16.4 Å². The maximum absolute atomic E-state index is 11.4. The SMILES string of the molecule is CS(=O)(=O)/C(C#N)=C\c1sccc1C1OCCO1. The lowest BCUT2D eigenvalue weighted by molar-refractivity contribution is -0.0439. The number of allylic oxidation sites excluding steroid dienone is 1. The van der Waals surface area contributed by atoms with E-state index in [-0.39, 0.29) is 4.91 Å². The number of hydrogen-bond donors (Lipinski definition) is 0.